The number of anilines is 1. The number of aromatic nitrogens is 2. The van der Waals surface area contributed by atoms with Gasteiger partial charge in [0.25, 0.3) is 0 Å². The molecule has 23 heavy (non-hydrogen) atoms. The van der Waals surface area contributed by atoms with Crippen molar-refractivity contribution in [1.29, 1.82) is 0 Å². The van der Waals surface area contributed by atoms with E-state index in [0.717, 1.165) is 22.0 Å². The first-order valence-electron chi connectivity index (χ1n) is 7.31. The van der Waals surface area contributed by atoms with Crippen LogP contribution in [0.1, 0.15) is 17.9 Å². The molecule has 1 amide bonds. The summed E-state index contributed by atoms with van der Waals surface area (Å²) in [6, 6.07) is 12.0. The maximum Gasteiger partial charge on any atom is 0.229 e. The largest absolute Gasteiger partial charge is 0.309 e. The Labute approximate surface area is 140 Å². The van der Waals surface area contributed by atoms with E-state index < -0.39 is 0 Å². The first kappa shape index (κ1) is 14.4. The number of pyridine rings is 1. The minimum absolute atomic E-state index is 0.0400. The minimum atomic E-state index is -0.258. The van der Waals surface area contributed by atoms with Crippen LogP contribution >= 0.6 is 15.9 Å². The van der Waals surface area contributed by atoms with E-state index >= 15 is 0 Å². The van der Waals surface area contributed by atoms with Gasteiger partial charge in [-0.2, -0.15) is 0 Å². The van der Waals surface area contributed by atoms with Crippen LogP contribution in [0.4, 0.5) is 10.2 Å². The van der Waals surface area contributed by atoms with E-state index in [2.05, 4.69) is 26.3 Å². The summed E-state index contributed by atoms with van der Waals surface area (Å²) in [6.07, 6.45) is 2.62. The van der Waals surface area contributed by atoms with Crippen molar-refractivity contribution in [3.05, 3.63) is 64.5 Å². The van der Waals surface area contributed by atoms with Crippen molar-refractivity contribution in [3.63, 3.8) is 0 Å². The summed E-state index contributed by atoms with van der Waals surface area (Å²) in [5, 5.41) is 7.20. The SMILES string of the molecule is O=C(Nc1cc2ccc(Br)cn2n1)[C@H]1C[C@@H]1c1ccc(F)cc1. The van der Waals surface area contributed by atoms with E-state index in [1.54, 1.807) is 16.6 Å². The highest BCUT2D eigenvalue weighted by atomic mass is 79.9. The molecule has 1 fully saturated rings. The summed E-state index contributed by atoms with van der Waals surface area (Å²) in [5.74, 6) is 0.338. The van der Waals surface area contributed by atoms with E-state index in [0.29, 0.717) is 5.82 Å². The number of benzene rings is 1. The van der Waals surface area contributed by atoms with Crippen molar-refractivity contribution in [3.8, 4) is 0 Å². The number of nitrogens with one attached hydrogen (secondary N) is 1. The maximum absolute atomic E-state index is 13.0. The summed E-state index contributed by atoms with van der Waals surface area (Å²) in [4.78, 5) is 12.3. The second-order valence-electron chi connectivity index (χ2n) is 5.74. The lowest BCUT2D eigenvalue weighted by Crippen LogP contribution is -2.15. The van der Waals surface area contributed by atoms with Crippen LogP contribution in [0.2, 0.25) is 0 Å². The molecule has 0 bridgehead atoms. The number of nitrogens with zero attached hydrogens (tertiary/aromatic N) is 2. The Balaban J connectivity index is 1.46. The van der Waals surface area contributed by atoms with Crippen molar-refractivity contribution in [2.24, 2.45) is 5.92 Å². The monoisotopic (exact) mass is 373 g/mol. The summed E-state index contributed by atoms with van der Waals surface area (Å²) < 4.78 is 15.6. The van der Waals surface area contributed by atoms with E-state index in [4.69, 9.17) is 0 Å². The van der Waals surface area contributed by atoms with Crippen molar-refractivity contribution in [2.75, 3.05) is 5.32 Å². The van der Waals surface area contributed by atoms with Crippen LogP contribution in [0.5, 0.6) is 0 Å². The van der Waals surface area contributed by atoms with Gasteiger partial charge in [0.15, 0.2) is 5.82 Å². The molecule has 2 heterocycles. The highest BCUT2D eigenvalue weighted by Crippen LogP contribution is 2.47. The number of halogens is 2. The third-order valence-corrected chi connectivity index (χ3v) is 4.57. The molecular weight excluding hydrogens is 361 g/mol. The smallest absolute Gasteiger partial charge is 0.229 e. The number of carbonyl (C=O) groups is 1. The van der Waals surface area contributed by atoms with Crippen LogP contribution in [-0.2, 0) is 4.79 Å². The summed E-state index contributed by atoms with van der Waals surface area (Å²) in [7, 11) is 0. The summed E-state index contributed by atoms with van der Waals surface area (Å²) in [6.45, 7) is 0. The second-order valence-corrected chi connectivity index (χ2v) is 6.65. The number of hydrogen-bond donors (Lipinski definition) is 1. The van der Waals surface area contributed by atoms with Crippen molar-refractivity contribution in [2.45, 2.75) is 12.3 Å². The lowest BCUT2D eigenvalue weighted by Gasteiger charge is -2.02. The Hall–Kier alpha value is -2.21. The zero-order valence-corrected chi connectivity index (χ0v) is 13.6. The van der Waals surface area contributed by atoms with Gasteiger partial charge in [0, 0.05) is 22.7 Å². The van der Waals surface area contributed by atoms with Crippen LogP contribution in [0, 0.1) is 11.7 Å². The zero-order chi connectivity index (χ0) is 16.0. The molecule has 0 aliphatic heterocycles. The number of rotatable bonds is 3. The number of hydrogen-bond acceptors (Lipinski definition) is 2. The van der Waals surface area contributed by atoms with Crippen LogP contribution in [-0.4, -0.2) is 15.5 Å². The summed E-state index contributed by atoms with van der Waals surface area (Å²) in [5.41, 5.74) is 1.92. The third kappa shape index (κ3) is 2.86. The molecule has 1 saturated carbocycles. The van der Waals surface area contributed by atoms with Gasteiger partial charge >= 0.3 is 0 Å². The van der Waals surface area contributed by atoms with Gasteiger partial charge in [-0.1, -0.05) is 12.1 Å². The van der Waals surface area contributed by atoms with E-state index in [1.165, 1.54) is 12.1 Å². The molecule has 2 aromatic heterocycles. The highest BCUT2D eigenvalue weighted by molar-refractivity contribution is 9.10. The zero-order valence-electron chi connectivity index (χ0n) is 12.0. The van der Waals surface area contributed by atoms with E-state index in [1.807, 2.05) is 24.4 Å². The Morgan fingerprint density at radius 2 is 2.04 bits per heavy atom. The fourth-order valence-corrected chi connectivity index (χ4v) is 3.13. The van der Waals surface area contributed by atoms with Crippen LogP contribution in [0.25, 0.3) is 5.52 Å². The van der Waals surface area contributed by atoms with Gasteiger partial charge in [-0.15, -0.1) is 5.10 Å². The lowest BCUT2D eigenvalue weighted by atomic mass is 10.1. The number of amides is 1. The molecule has 0 spiro atoms. The highest BCUT2D eigenvalue weighted by Gasteiger charge is 2.44. The van der Waals surface area contributed by atoms with Gasteiger partial charge in [-0.3, -0.25) is 4.79 Å². The molecule has 1 aliphatic carbocycles. The molecule has 0 radical (unpaired) electrons. The molecule has 1 N–H and O–H groups in total. The lowest BCUT2D eigenvalue weighted by molar-refractivity contribution is -0.117. The predicted octanol–water partition coefficient (Wildman–Crippen LogP) is 3.98. The minimum Gasteiger partial charge on any atom is -0.309 e. The molecule has 6 heteroatoms. The van der Waals surface area contributed by atoms with Gasteiger partial charge in [0.1, 0.15) is 5.82 Å². The number of carbonyl (C=O) groups excluding carboxylic acids is 1. The van der Waals surface area contributed by atoms with Crippen LogP contribution in [0.3, 0.4) is 0 Å². The first-order valence-corrected chi connectivity index (χ1v) is 8.11. The maximum atomic E-state index is 13.0. The van der Waals surface area contributed by atoms with Gasteiger partial charge in [0.05, 0.1) is 5.52 Å². The predicted molar refractivity (Wildman–Crippen MR) is 88.8 cm³/mol. The van der Waals surface area contributed by atoms with Gasteiger partial charge in [0.2, 0.25) is 5.91 Å². The molecule has 1 aromatic carbocycles. The van der Waals surface area contributed by atoms with E-state index in [-0.39, 0.29) is 23.6 Å². The second kappa shape index (κ2) is 5.45. The average Bonchev–Trinajstić information content (AvgIpc) is 3.23. The Bertz CT molecular complexity index is 890. The molecular formula is C17H13BrFN3O. The summed E-state index contributed by atoms with van der Waals surface area (Å²) >= 11 is 3.39. The number of fused-ring (bicyclic) bond motifs is 1. The van der Waals surface area contributed by atoms with Crippen molar-refractivity contribution < 1.29 is 9.18 Å². The van der Waals surface area contributed by atoms with Crippen LogP contribution < -0.4 is 5.32 Å². The normalized spacial score (nSPS) is 19.7. The van der Waals surface area contributed by atoms with Crippen molar-refractivity contribution in [1.82, 2.24) is 9.61 Å². The Morgan fingerprint density at radius 3 is 2.83 bits per heavy atom. The van der Waals surface area contributed by atoms with Crippen molar-refractivity contribution >= 4 is 33.2 Å². The molecule has 2 atom stereocenters. The molecule has 0 saturated heterocycles. The fraction of sp³-hybridized carbons (Fsp3) is 0.176. The molecule has 1 aliphatic rings. The standard InChI is InChI=1S/C17H13BrFN3O/c18-11-3-6-13-7-16(21-22(13)9-11)20-17(23)15-8-14(15)10-1-4-12(19)5-2-10/h1-7,9,14-15H,8H2,(H,20,21,23)/t14-,15+/m1/s1. The third-order valence-electron chi connectivity index (χ3n) is 4.10. The van der Waals surface area contributed by atoms with Gasteiger partial charge in [-0.05, 0) is 58.1 Å². The Kier molecular flexibility index (Phi) is 3.41. The Morgan fingerprint density at radius 1 is 1.26 bits per heavy atom. The fourth-order valence-electron chi connectivity index (χ4n) is 2.80. The average molecular weight is 374 g/mol. The molecule has 0 unspecified atom stereocenters. The molecule has 4 nitrogen and oxygen atoms in total. The first-order chi connectivity index (χ1) is 11.1. The van der Waals surface area contributed by atoms with Crippen LogP contribution in [0.15, 0.2) is 53.1 Å². The molecule has 4 rings (SSSR count). The quantitative estimate of drug-likeness (QED) is 0.754. The molecule has 3 aromatic rings. The van der Waals surface area contributed by atoms with Gasteiger partial charge < -0.3 is 5.32 Å². The van der Waals surface area contributed by atoms with E-state index in [9.17, 15) is 9.18 Å². The topological polar surface area (TPSA) is 46.4 Å². The molecule has 116 valence electrons. The van der Waals surface area contributed by atoms with Gasteiger partial charge in [-0.25, -0.2) is 8.91 Å².